The fourth-order valence-electron chi connectivity index (χ4n) is 2.73. The highest BCUT2D eigenvalue weighted by Crippen LogP contribution is 2.28. The monoisotopic (exact) mass is 239 g/mol. The number of hydrogen-bond donors (Lipinski definition) is 1. The summed E-state index contributed by atoms with van der Waals surface area (Å²) in [5, 5.41) is 3.45. The Bertz CT molecular complexity index is 378. The predicted molar refractivity (Wildman–Crippen MR) is 64.9 cm³/mol. The molecule has 0 aliphatic heterocycles. The number of halogens is 2. The summed E-state index contributed by atoms with van der Waals surface area (Å²) in [6.45, 7) is 3.12. The van der Waals surface area contributed by atoms with E-state index in [0.717, 1.165) is 24.9 Å². The molecular formula is C14H19F2N. The van der Waals surface area contributed by atoms with Gasteiger partial charge in [-0.1, -0.05) is 13.0 Å². The summed E-state index contributed by atoms with van der Waals surface area (Å²) in [5.41, 5.74) is 0.908. The molecule has 1 fully saturated rings. The van der Waals surface area contributed by atoms with Crippen LogP contribution in [0.15, 0.2) is 18.2 Å². The predicted octanol–water partition coefficient (Wildman–Crippen LogP) is 3.29. The van der Waals surface area contributed by atoms with Crippen LogP contribution in [0.5, 0.6) is 0 Å². The van der Waals surface area contributed by atoms with Crippen LogP contribution in [0, 0.1) is 17.6 Å². The van der Waals surface area contributed by atoms with Crippen LogP contribution >= 0.6 is 0 Å². The lowest BCUT2D eigenvalue weighted by molar-refractivity contribution is 0.486. The molecule has 17 heavy (non-hydrogen) atoms. The van der Waals surface area contributed by atoms with Crippen LogP contribution < -0.4 is 5.32 Å². The van der Waals surface area contributed by atoms with Crippen molar-refractivity contribution in [3.05, 3.63) is 35.4 Å². The van der Waals surface area contributed by atoms with Crippen LogP contribution in [0.25, 0.3) is 0 Å². The zero-order valence-corrected chi connectivity index (χ0v) is 10.2. The Labute approximate surface area is 101 Å². The van der Waals surface area contributed by atoms with Gasteiger partial charge in [0.1, 0.15) is 0 Å². The zero-order valence-electron chi connectivity index (χ0n) is 10.2. The first kappa shape index (κ1) is 12.5. The average molecular weight is 239 g/mol. The van der Waals surface area contributed by atoms with Crippen molar-refractivity contribution in [3.8, 4) is 0 Å². The lowest BCUT2D eigenvalue weighted by Crippen LogP contribution is -2.25. The molecule has 0 bridgehead atoms. The quantitative estimate of drug-likeness (QED) is 0.850. The van der Waals surface area contributed by atoms with Gasteiger partial charge in [0.15, 0.2) is 11.6 Å². The Morgan fingerprint density at radius 2 is 2.06 bits per heavy atom. The molecule has 0 heterocycles. The van der Waals surface area contributed by atoms with Crippen molar-refractivity contribution in [1.29, 1.82) is 0 Å². The molecule has 1 nitrogen and oxygen atoms in total. The summed E-state index contributed by atoms with van der Waals surface area (Å²) in [5.74, 6) is -0.890. The summed E-state index contributed by atoms with van der Waals surface area (Å²) in [7, 11) is 0. The molecule has 1 N–H and O–H groups in total. The standard InChI is InChI=1S/C14H19F2N/c1-2-17-12-5-3-10(8-12)7-11-4-6-13(15)14(16)9-11/h4,6,9-10,12,17H,2-3,5,7-8H2,1H3. The fourth-order valence-corrected chi connectivity index (χ4v) is 2.73. The Morgan fingerprint density at radius 3 is 2.76 bits per heavy atom. The normalized spacial score (nSPS) is 24.2. The van der Waals surface area contributed by atoms with Crippen molar-refractivity contribution in [2.24, 2.45) is 5.92 Å². The summed E-state index contributed by atoms with van der Waals surface area (Å²) in [6.07, 6.45) is 4.38. The second kappa shape index (κ2) is 5.58. The third kappa shape index (κ3) is 3.25. The van der Waals surface area contributed by atoms with Crippen LogP contribution in [0.3, 0.4) is 0 Å². The first-order valence-electron chi connectivity index (χ1n) is 6.36. The first-order chi connectivity index (χ1) is 8.19. The van der Waals surface area contributed by atoms with Crippen molar-refractivity contribution in [2.45, 2.75) is 38.6 Å². The Kier molecular flexibility index (Phi) is 4.11. The highest BCUT2D eigenvalue weighted by molar-refractivity contribution is 5.18. The van der Waals surface area contributed by atoms with Gasteiger partial charge in [0.25, 0.3) is 0 Å². The smallest absolute Gasteiger partial charge is 0.159 e. The number of benzene rings is 1. The van der Waals surface area contributed by atoms with Gasteiger partial charge in [0, 0.05) is 6.04 Å². The van der Waals surface area contributed by atoms with Crippen LogP contribution in [-0.2, 0) is 6.42 Å². The van der Waals surface area contributed by atoms with Gasteiger partial charge < -0.3 is 5.32 Å². The summed E-state index contributed by atoms with van der Waals surface area (Å²) < 4.78 is 25.9. The molecule has 0 aromatic heterocycles. The van der Waals surface area contributed by atoms with E-state index in [9.17, 15) is 8.78 Å². The summed E-state index contributed by atoms with van der Waals surface area (Å²) >= 11 is 0. The second-order valence-corrected chi connectivity index (χ2v) is 4.89. The van der Waals surface area contributed by atoms with E-state index >= 15 is 0 Å². The first-order valence-corrected chi connectivity index (χ1v) is 6.36. The van der Waals surface area contributed by atoms with Gasteiger partial charge in [-0.25, -0.2) is 8.78 Å². The minimum atomic E-state index is -0.759. The van der Waals surface area contributed by atoms with Gasteiger partial charge in [0.05, 0.1) is 0 Å². The average Bonchev–Trinajstić information content (AvgIpc) is 2.72. The molecule has 2 rings (SSSR count). The zero-order chi connectivity index (χ0) is 12.3. The molecule has 0 saturated heterocycles. The third-order valence-electron chi connectivity index (χ3n) is 3.54. The molecule has 3 heteroatoms. The number of rotatable bonds is 4. The molecule has 94 valence electrons. The molecule has 2 atom stereocenters. The van der Waals surface area contributed by atoms with E-state index < -0.39 is 11.6 Å². The maximum absolute atomic E-state index is 13.1. The van der Waals surface area contributed by atoms with Crippen molar-refractivity contribution < 1.29 is 8.78 Å². The third-order valence-corrected chi connectivity index (χ3v) is 3.54. The molecule has 1 aliphatic rings. The van der Waals surface area contributed by atoms with Crippen LogP contribution in [0.1, 0.15) is 31.7 Å². The molecule has 1 saturated carbocycles. The van der Waals surface area contributed by atoms with E-state index in [4.69, 9.17) is 0 Å². The topological polar surface area (TPSA) is 12.0 Å². The molecule has 1 aromatic rings. The maximum Gasteiger partial charge on any atom is 0.159 e. The van der Waals surface area contributed by atoms with E-state index in [-0.39, 0.29) is 0 Å². The van der Waals surface area contributed by atoms with Crippen LogP contribution in [0.4, 0.5) is 8.78 Å². The number of nitrogens with one attached hydrogen (secondary N) is 1. The highest BCUT2D eigenvalue weighted by atomic mass is 19.2. The largest absolute Gasteiger partial charge is 0.314 e. The Morgan fingerprint density at radius 1 is 1.24 bits per heavy atom. The van der Waals surface area contributed by atoms with Gasteiger partial charge in [-0.2, -0.15) is 0 Å². The molecule has 0 radical (unpaired) electrons. The summed E-state index contributed by atoms with van der Waals surface area (Å²) in [4.78, 5) is 0. The SMILES string of the molecule is CCNC1CCC(Cc2ccc(F)c(F)c2)C1. The van der Waals surface area contributed by atoms with Crippen LogP contribution in [-0.4, -0.2) is 12.6 Å². The van der Waals surface area contributed by atoms with Crippen molar-refractivity contribution >= 4 is 0 Å². The fraction of sp³-hybridized carbons (Fsp3) is 0.571. The van der Waals surface area contributed by atoms with Gasteiger partial charge in [-0.3, -0.25) is 0 Å². The van der Waals surface area contributed by atoms with Gasteiger partial charge >= 0.3 is 0 Å². The van der Waals surface area contributed by atoms with Crippen molar-refractivity contribution in [2.75, 3.05) is 6.54 Å². The molecule has 2 unspecified atom stereocenters. The van der Waals surface area contributed by atoms with Gasteiger partial charge in [-0.15, -0.1) is 0 Å². The minimum Gasteiger partial charge on any atom is -0.314 e. The second-order valence-electron chi connectivity index (χ2n) is 4.89. The van der Waals surface area contributed by atoms with E-state index in [0.29, 0.717) is 12.0 Å². The lowest BCUT2D eigenvalue weighted by Gasteiger charge is -2.12. The van der Waals surface area contributed by atoms with Crippen molar-refractivity contribution in [1.82, 2.24) is 5.32 Å². The molecular weight excluding hydrogens is 220 g/mol. The molecule has 1 aliphatic carbocycles. The molecule has 1 aromatic carbocycles. The Hall–Kier alpha value is -0.960. The van der Waals surface area contributed by atoms with E-state index in [2.05, 4.69) is 12.2 Å². The highest BCUT2D eigenvalue weighted by Gasteiger charge is 2.24. The van der Waals surface area contributed by atoms with Gasteiger partial charge in [0.2, 0.25) is 0 Å². The van der Waals surface area contributed by atoms with Gasteiger partial charge in [-0.05, 0) is 55.8 Å². The van der Waals surface area contributed by atoms with Crippen LogP contribution in [0.2, 0.25) is 0 Å². The van der Waals surface area contributed by atoms with E-state index in [1.807, 2.05) is 0 Å². The maximum atomic E-state index is 13.1. The number of hydrogen-bond acceptors (Lipinski definition) is 1. The molecule has 0 amide bonds. The summed E-state index contributed by atoms with van der Waals surface area (Å²) in [6, 6.07) is 4.85. The Balaban J connectivity index is 1.91. The van der Waals surface area contributed by atoms with E-state index in [1.54, 1.807) is 6.07 Å². The van der Waals surface area contributed by atoms with Crippen molar-refractivity contribution in [3.63, 3.8) is 0 Å². The minimum absolute atomic E-state index is 0.601. The van der Waals surface area contributed by atoms with E-state index in [1.165, 1.54) is 25.0 Å². The molecule has 0 spiro atoms. The lowest BCUT2D eigenvalue weighted by atomic mass is 9.97.